The van der Waals surface area contributed by atoms with E-state index in [-0.39, 0.29) is 13.2 Å². The first-order chi connectivity index (χ1) is 13.5. The highest BCUT2D eigenvalue weighted by molar-refractivity contribution is 5.91. The van der Waals surface area contributed by atoms with E-state index in [0.717, 1.165) is 0 Å². The van der Waals surface area contributed by atoms with E-state index >= 15 is 0 Å². The zero-order chi connectivity index (χ0) is 20.1. The lowest BCUT2D eigenvalue weighted by molar-refractivity contribution is 0.0682. The Morgan fingerprint density at radius 3 is 1.64 bits per heavy atom. The average molecular weight is 388 g/mol. The summed E-state index contributed by atoms with van der Waals surface area (Å²) in [5, 5.41) is 9.20. The van der Waals surface area contributed by atoms with Gasteiger partial charge in [0.15, 0.2) is 17.3 Å². The Morgan fingerprint density at radius 1 is 0.714 bits per heavy atom. The molecule has 3 rings (SSSR count). The van der Waals surface area contributed by atoms with Crippen molar-refractivity contribution in [3.63, 3.8) is 0 Å². The predicted molar refractivity (Wildman–Crippen MR) is 94.8 cm³/mol. The highest BCUT2D eigenvalue weighted by atomic mass is 19.2. The van der Waals surface area contributed by atoms with Gasteiger partial charge in [0, 0.05) is 0 Å². The molecule has 0 unspecified atom stereocenters. The summed E-state index contributed by atoms with van der Waals surface area (Å²) in [7, 11) is 0. The van der Waals surface area contributed by atoms with E-state index < -0.39 is 40.5 Å². The maximum absolute atomic E-state index is 14.8. The second-order valence-electron chi connectivity index (χ2n) is 5.83. The molecular weight excluding hydrogens is 373 g/mol. The van der Waals surface area contributed by atoms with E-state index in [2.05, 4.69) is 0 Å². The standard InChI is InChI=1S/C21H15F3O4/c22-16-15(21(25)26)19(27-11-13-7-3-1-4-8-13)18(24)20(17(16)23)28-12-14-9-5-2-6-10-14/h1-10H,11-12H2,(H,25,26). The smallest absolute Gasteiger partial charge is 0.342 e. The van der Waals surface area contributed by atoms with Gasteiger partial charge in [0.25, 0.3) is 0 Å². The van der Waals surface area contributed by atoms with Crippen LogP contribution in [0.5, 0.6) is 11.5 Å². The number of carboxylic acids is 1. The maximum atomic E-state index is 14.8. The second kappa shape index (κ2) is 8.47. The monoisotopic (exact) mass is 388 g/mol. The van der Waals surface area contributed by atoms with E-state index in [9.17, 15) is 23.1 Å². The third kappa shape index (κ3) is 4.09. The number of benzene rings is 3. The van der Waals surface area contributed by atoms with Gasteiger partial charge in [-0.15, -0.1) is 0 Å². The van der Waals surface area contributed by atoms with Crippen LogP contribution >= 0.6 is 0 Å². The summed E-state index contributed by atoms with van der Waals surface area (Å²) in [6.07, 6.45) is 0. The van der Waals surface area contributed by atoms with Gasteiger partial charge in [-0.3, -0.25) is 0 Å². The zero-order valence-electron chi connectivity index (χ0n) is 14.5. The van der Waals surface area contributed by atoms with Crippen LogP contribution < -0.4 is 9.47 Å². The van der Waals surface area contributed by atoms with Crippen LogP contribution in [0, 0.1) is 17.5 Å². The Hall–Kier alpha value is -3.48. The third-order valence-electron chi connectivity index (χ3n) is 3.90. The van der Waals surface area contributed by atoms with Crippen molar-refractivity contribution in [1.82, 2.24) is 0 Å². The van der Waals surface area contributed by atoms with Crippen LogP contribution in [-0.4, -0.2) is 11.1 Å². The Bertz CT molecular complexity index is 976. The number of hydrogen-bond donors (Lipinski definition) is 1. The number of halogens is 3. The molecule has 3 aromatic rings. The van der Waals surface area contributed by atoms with E-state index in [1.165, 1.54) is 0 Å². The van der Waals surface area contributed by atoms with Crippen molar-refractivity contribution in [3.05, 3.63) is 94.8 Å². The van der Waals surface area contributed by atoms with Crippen LogP contribution in [0.3, 0.4) is 0 Å². The molecule has 0 saturated carbocycles. The van der Waals surface area contributed by atoms with Crippen LogP contribution in [0.2, 0.25) is 0 Å². The summed E-state index contributed by atoms with van der Waals surface area (Å²) in [4.78, 5) is 11.4. The topological polar surface area (TPSA) is 55.8 Å². The van der Waals surface area contributed by atoms with Gasteiger partial charge in [-0.2, -0.15) is 8.78 Å². The maximum Gasteiger partial charge on any atom is 0.342 e. The largest absolute Gasteiger partial charge is 0.485 e. The Balaban J connectivity index is 1.96. The minimum absolute atomic E-state index is 0.235. The van der Waals surface area contributed by atoms with Gasteiger partial charge in [-0.05, 0) is 11.1 Å². The van der Waals surface area contributed by atoms with Gasteiger partial charge in [-0.1, -0.05) is 60.7 Å². The van der Waals surface area contributed by atoms with E-state index in [4.69, 9.17) is 9.47 Å². The molecule has 0 saturated heterocycles. The molecule has 0 radical (unpaired) electrons. The van der Waals surface area contributed by atoms with Gasteiger partial charge >= 0.3 is 5.97 Å². The Kier molecular flexibility index (Phi) is 5.84. The van der Waals surface area contributed by atoms with Crippen LogP contribution in [0.1, 0.15) is 21.5 Å². The molecule has 7 heteroatoms. The van der Waals surface area contributed by atoms with Crippen molar-refractivity contribution in [1.29, 1.82) is 0 Å². The summed E-state index contributed by atoms with van der Waals surface area (Å²) in [6.45, 7) is -0.472. The molecular formula is C21H15F3O4. The van der Waals surface area contributed by atoms with Crippen molar-refractivity contribution >= 4 is 5.97 Å². The molecule has 0 aliphatic carbocycles. The summed E-state index contributed by atoms with van der Waals surface area (Å²) in [5.74, 6) is -8.69. The quantitative estimate of drug-likeness (QED) is 0.582. The molecule has 0 bridgehead atoms. The van der Waals surface area contributed by atoms with Crippen LogP contribution in [0.4, 0.5) is 13.2 Å². The normalized spacial score (nSPS) is 10.5. The molecule has 144 valence electrons. The molecule has 0 aliphatic rings. The second-order valence-corrected chi connectivity index (χ2v) is 5.83. The number of carboxylic acid groups (broad SMARTS) is 1. The number of rotatable bonds is 7. The Morgan fingerprint density at radius 2 is 1.18 bits per heavy atom. The molecule has 0 heterocycles. The van der Waals surface area contributed by atoms with Crippen LogP contribution in [-0.2, 0) is 13.2 Å². The van der Waals surface area contributed by atoms with Gasteiger partial charge in [0.1, 0.15) is 18.8 Å². The first kappa shape index (κ1) is 19.3. The molecule has 0 amide bonds. The van der Waals surface area contributed by atoms with Crippen molar-refractivity contribution in [2.45, 2.75) is 13.2 Å². The third-order valence-corrected chi connectivity index (χ3v) is 3.90. The van der Waals surface area contributed by atoms with E-state index in [1.54, 1.807) is 60.7 Å². The lowest BCUT2D eigenvalue weighted by Gasteiger charge is -2.16. The summed E-state index contributed by atoms with van der Waals surface area (Å²) in [6, 6.07) is 16.9. The van der Waals surface area contributed by atoms with E-state index in [0.29, 0.717) is 11.1 Å². The molecule has 0 aliphatic heterocycles. The fourth-order valence-electron chi connectivity index (χ4n) is 2.53. The molecule has 3 aromatic carbocycles. The molecule has 0 fully saturated rings. The number of hydrogen-bond acceptors (Lipinski definition) is 3. The highest BCUT2D eigenvalue weighted by Crippen LogP contribution is 2.37. The predicted octanol–water partition coefficient (Wildman–Crippen LogP) is 4.96. The minimum Gasteiger partial charge on any atom is -0.485 e. The number of aromatic carboxylic acids is 1. The van der Waals surface area contributed by atoms with Crippen molar-refractivity contribution in [2.24, 2.45) is 0 Å². The summed E-state index contributed by atoms with van der Waals surface area (Å²) < 4.78 is 53.7. The number of ether oxygens (including phenoxy) is 2. The lowest BCUT2D eigenvalue weighted by atomic mass is 10.1. The summed E-state index contributed by atoms with van der Waals surface area (Å²) in [5.41, 5.74) is -0.0384. The minimum atomic E-state index is -1.85. The average Bonchev–Trinajstić information content (AvgIpc) is 2.71. The molecule has 0 spiro atoms. The van der Waals surface area contributed by atoms with Gasteiger partial charge in [-0.25, -0.2) is 9.18 Å². The van der Waals surface area contributed by atoms with Crippen LogP contribution in [0.15, 0.2) is 60.7 Å². The molecule has 28 heavy (non-hydrogen) atoms. The molecule has 0 atom stereocenters. The van der Waals surface area contributed by atoms with E-state index in [1.807, 2.05) is 0 Å². The molecule has 4 nitrogen and oxygen atoms in total. The first-order valence-electron chi connectivity index (χ1n) is 8.26. The van der Waals surface area contributed by atoms with Crippen molar-refractivity contribution in [2.75, 3.05) is 0 Å². The van der Waals surface area contributed by atoms with Gasteiger partial charge < -0.3 is 14.6 Å². The van der Waals surface area contributed by atoms with Gasteiger partial charge in [0.2, 0.25) is 11.6 Å². The van der Waals surface area contributed by atoms with Crippen molar-refractivity contribution < 1.29 is 32.5 Å². The highest BCUT2D eigenvalue weighted by Gasteiger charge is 2.31. The lowest BCUT2D eigenvalue weighted by Crippen LogP contribution is -2.13. The molecule has 0 aromatic heterocycles. The fraction of sp³-hybridized carbons (Fsp3) is 0.0952. The zero-order valence-corrected chi connectivity index (χ0v) is 14.5. The van der Waals surface area contributed by atoms with Gasteiger partial charge in [0.05, 0.1) is 0 Å². The first-order valence-corrected chi connectivity index (χ1v) is 8.26. The fourth-order valence-corrected chi connectivity index (χ4v) is 2.53. The number of carbonyl (C=O) groups is 1. The molecule has 1 N–H and O–H groups in total. The Labute approximate surface area is 158 Å². The van der Waals surface area contributed by atoms with Crippen molar-refractivity contribution in [3.8, 4) is 11.5 Å². The summed E-state index contributed by atoms with van der Waals surface area (Å²) >= 11 is 0. The van der Waals surface area contributed by atoms with Crippen LogP contribution in [0.25, 0.3) is 0 Å². The SMILES string of the molecule is O=C(O)c1c(F)c(F)c(OCc2ccccc2)c(F)c1OCc1ccccc1.